The zero-order chi connectivity index (χ0) is 24.2. The molecule has 1 heterocycles. The third-order valence-corrected chi connectivity index (χ3v) is 5.50. The van der Waals surface area contributed by atoms with Crippen LogP contribution in [0.25, 0.3) is 17.3 Å². The van der Waals surface area contributed by atoms with E-state index in [0.717, 1.165) is 12.8 Å². The lowest BCUT2D eigenvalue weighted by atomic mass is 9.92. The number of benzene rings is 1. The van der Waals surface area contributed by atoms with Crippen LogP contribution in [0.1, 0.15) is 56.2 Å². The number of hydrogen-bond acceptors (Lipinski definition) is 5. The number of aromatic amines is 1. The van der Waals surface area contributed by atoms with Gasteiger partial charge in [-0.2, -0.15) is 8.78 Å². The Morgan fingerprint density at radius 1 is 1.39 bits per heavy atom. The molecule has 1 amide bonds. The van der Waals surface area contributed by atoms with Gasteiger partial charge in [-0.15, -0.1) is 0 Å². The van der Waals surface area contributed by atoms with Crippen LogP contribution in [0, 0.1) is 0 Å². The predicted molar refractivity (Wildman–Crippen MR) is 121 cm³/mol. The molecule has 2 aromatic rings. The Labute approximate surface area is 191 Å². The molecule has 1 aliphatic carbocycles. The van der Waals surface area contributed by atoms with Crippen LogP contribution < -0.4 is 14.8 Å². The van der Waals surface area contributed by atoms with Gasteiger partial charge in [-0.1, -0.05) is 19.1 Å². The van der Waals surface area contributed by atoms with Crippen LogP contribution >= 0.6 is 0 Å². The number of imidazole rings is 1. The van der Waals surface area contributed by atoms with Crippen LogP contribution in [-0.4, -0.2) is 46.3 Å². The van der Waals surface area contributed by atoms with E-state index in [1.54, 1.807) is 25.1 Å². The zero-order valence-electron chi connectivity index (χ0n) is 19.1. The highest BCUT2D eigenvalue weighted by molar-refractivity contribution is 6.01. The van der Waals surface area contributed by atoms with E-state index in [2.05, 4.69) is 20.0 Å². The van der Waals surface area contributed by atoms with Crippen molar-refractivity contribution in [2.75, 3.05) is 7.11 Å². The molecule has 1 aliphatic rings. The first kappa shape index (κ1) is 24.4. The van der Waals surface area contributed by atoms with Crippen molar-refractivity contribution in [3.8, 4) is 22.8 Å². The first-order valence-corrected chi connectivity index (χ1v) is 10.8. The third-order valence-electron chi connectivity index (χ3n) is 5.50. The number of H-pyrrole nitrogens is 1. The van der Waals surface area contributed by atoms with Crippen molar-refractivity contribution >= 4 is 12.0 Å². The molecule has 7 nitrogen and oxygen atoms in total. The summed E-state index contributed by atoms with van der Waals surface area (Å²) in [5, 5.41) is 13.4. The molecule has 178 valence electrons. The molecule has 9 heteroatoms. The predicted octanol–water partition coefficient (Wildman–Crippen LogP) is 4.70. The van der Waals surface area contributed by atoms with Gasteiger partial charge in [0.15, 0.2) is 0 Å². The Hall–Kier alpha value is -3.20. The Kier molecular flexibility index (Phi) is 7.53. The average molecular weight is 462 g/mol. The number of nitrogens with one attached hydrogen (secondary N) is 2. The molecule has 0 spiro atoms. The molecule has 1 saturated carbocycles. The molecule has 0 saturated heterocycles. The Morgan fingerprint density at radius 2 is 2.09 bits per heavy atom. The Balaban J connectivity index is 2.02. The number of halogens is 2. The highest BCUT2D eigenvalue weighted by atomic mass is 19.3. The molecule has 33 heavy (non-hydrogen) atoms. The van der Waals surface area contributed by atoms with Crippen molar-refractivity contribution in [1.82, 2.24) is 15.3 Å². The largest absolute Gasteiger partial charge is 0.496 e. The minimum atomic E-state index is -3.11. The molecule has 0 radical (unpaired) electrons. The summed E-state index contributed by atoms with van der Waals surface area (Å²) in [6, 6.07) is 2.96. The number of hydrogen-bond donors (Lipinski definition) is 3. The molecule has 1 unspecified atom stereocenters. The highest BCUT2D eigenvalue weighted by Crippen LogP contribution is 2.36. The normalized spacial score (nSPS) is 16.2. The van der Waals surface area contributed by atoms with Gasteiger partial charge in [-0.05, 0) is 56.9 Å². The van der Waals surface area contributed by atoms with Gasteiger partial charge < -0.3 is 24.9 Å². The van der Waals surface area contributed by atoms with E-state index in [0.29, 0.717) is 29.1 Å². The second-order valence-electron chi connectivity index (χ2n) is 8.09. The molecule has 1 fully saturated rings. The number of allylic oxidation sites excluding steroid dienone is 1. The molecule has 1 aromatic carbocycles. The number of aliphatic hydroxyl groups is 1. The monoisotopic (exact) mass is 461 g/mol. The van der Waals surface area contributed by atoms with Crippen molar-refractivity contribution in [3.05, 3.63) is 47.4 Å². The minimum Gasteiger partial charge on any atom is -0.496 e. The molecule has 3 N–H and O–H groups in total. The van der Waals surface area contributed by atoms with Gasteiger partial charge in [-0.25, -0.2) is 4.98 Å². The first-order valence-electron chi connectivity index (χ1n) is 10.8. The number of amides is 1. The summed E-state index contributed by atoms with van der Waals surface area (Å²) in [6.07, 6.45) is 9.08. The van der Waals surface area contributed by atoms with Gasteiger partial charge in [0.1, 0.15) is 22.9 Å². The summed E-state index contributed by atoms with van der Waals surface area (Å²) in [4.78, 5) is 20.1. The Morgan fingerprint density at radius 3 is 2.67 bits per heavy atom. The lowest BCUT2D eigenvalue weighted by Gasteiger charge is -2.22. The molecular weight excluding hydrogens is 432 g/mol. The minimum absolute atomic E-state index is 0.0370. The Bertz CT molecular complexity index is 1060. The van der Waals surface area contributed by atoms with Crippen molar-refractivity contribution in [1.29, 1.82) is 0 Å². The van der Waals surface area contributed by atoms with Gasteiger partial charge in [0.2, 0.25) is 0 Å². The second-order valence-corrected chi connectivity index (χ2v) is 8.09. The molecule has 1 aromatic heterocycles. The lowest BCUT2D eigenvalue weighted by Crippen LogP contribution is -2.26. The summed E-state index contributed by atoms with van der Waals surface area (Å²) in [7, 11) is 1.36. The number of methoxy groups -OCH3 is 1. The van der Waals surface area contributed by atoms with Gasteiger partial charge in [-0.3, -0.25) is 4.79 Å². The first-order chi connectivity index (χ1) is 15.7. The number of carbonyl (C=O) groups excluding carboxylic acids is 1. The average Bonchev–Trinajstić information content (AvgIpc) is 3.46. The summed E-state index contributed by atoms with van der Waals surface area (Å²) in [5.41, 5.74) is 0.496. The number of carbonyl (C=O) groups is 1. The van der Waals surface area contributed by atoms with Crippen molar-refractivity contribution in [2.45, 2.75) is 58.3 Å². The highest BCUT2D eigenvalue weighted by Gasteiger charge is 2.29. The van der Waals surface area contributed by atoms with Crippen LogP contribution in [0.4, 0.5) is 8.78 Å². The fraction of sp³-hybridized carbons (Fsp3) is 0.417. The maximum absolute atomic E-state index is 13.1. The number of rotatable bonds is 10. The SMILES string of the molecule is C/C=C\C(=C/c1ncc(-c2cc(OC)c(C(=O)NC3CC3)c(OC(F)F)c2)[nH]1)C(C)(O)CC. The van der Waals surface area contributed by atoms with E-state index in [1.807, 2.05) is 19.9 Å². The summed E-state index contributed by atoms with van der Waals surface area (Å²) in [6.45, 7) is 2.33. The van der Waals surface area contributed by atoms with Crippen LogP contribution in [-0.2, 0) is 0 Å². The lowest BCUT2D eigenvalue weighted by molar-refractivity contribution is -0.0502. The van der Waals surface area contributed by atoms with Crippen molar-refractivity contribution in [3.63, 3.8) is 0 Å². The van der Waals surface area contributed by atoms with E-state index >= 15 is 0 Å². The van der Waals surface area contributed by atoms with Crippen molar-refractivity contribution < 1.29 is 28.2 Å². The molecular formula is C24H29F2N3O4. The van der Waals surface area contributed by atoms with Gasteiger partial charge in [0.05, 0.1) is 24.6 Å². The standard InChI is InChI=1S/C24H29F2N3O4/c1-5-7-15(24(3,31)6-2)12-20-27-13-17(29-20)14-10-18(32-4)21(19(11-14)33-23(25)26)22(30)28-16-8-9-16/h5,7,10-13,16,23,31H,6,8-9H2,1-4H3,(H,27,29)(H,28,30)/b7-5-,15-12+. The molecule has 0 aliphatic heterocycles. The quantitative estimate of drug-likeness (QED) is 0.446. The van der Waals surface area contributed by atoms with E-state index in [4.69, 9.17) is 4.74 Å². The number of ether oxygens (including phenoxy) is 2. The number of aromatic nitrogens is 2. The van der Waals surface area contributed by atoms with Gasteiger partial charge in [0, 0.05) is 11.6 Å². The van der Waals surface area contributed by atoms with Crippen LogP contribution in [0.2, 0.25) is 0 Å². The summed E-state index contributed by atoms with van der Waals surface area (Å²) in [5.74, 6) is -0.232. The maximum Gasteiger partial charge on any atom is 0.387 e. The fourth-order valence-electron chi connectivity index (χ4n) is 3.28. The van der Waals surface area contributed by atoms with E-state index in [9.17, 15) is 18.7 Å². The molecule has 3 rings (SSSR count). The topological polar surface area (TPSA) is 96.5 Å². The van der Waals surface area contributed by atoms with Crippen LogP contribution in [0.15, 0.2) is 36.1 Å². The zero-order valence-corrected chi connectivity index (χ0v) is 19.1. The summed E-state index contributed by atoms with van der Waals surface area (Å²) < 4.78 is 36.3. The van der Waals surface area contributed by atoms with E-state index in [-0.39, 0.29) is 23.1 Å². The second kappa shape index (κ2) is 10.2. The number of nitrogens with zero attached hydrogens (tertiary/aromatic N) is 1. The van der Waals surface area contributed by atoms with E-state index in [1.165, 1.54) is 19.4 Å². The summed E-state index contributed by atoms with van der Waals surface area (Å²) >= 11 is 0. The molecule has 1 atom stereocenters. The number of alkyl halides is 2. The van der Waals surface area contributed by atoms with Gasteiger partial charge in [0.25, 0.3) is 5.91 Å². The smallest absolute Gasteiger partial charge is 0.387 e. The van der Waals surface area contributed by atoms with Crippen molar-refractivity contribution in [2.24, 2.45) is 0 Å². The fourth-order valence-corrected chi connectivity index (χ4v) is 3.28. The maximum atomic E-state index is 13.1. The van der Waals surface area contributed by atoms with Crippen LogP contribution in [0.3, 0.4) is 0 Å². The van der Waals surface area contributed by atoms with Gasteiger partial charge >= 0.3 is 6.61 Å². The van der Waals surface area contributed by atoms with Crippen LogP contribution in [0.5, 0.6) is 11.5 Å². The van der Waals surface area contributed by atoms with E-state index < -0.39 is 18.1 Å². The molecule has 0 bridgehead atoms. The third kappa shape index (κ3) is 5.98.